The van der Waals surface area contributed by atoms with E-state index in [1.807, 2.05) is 12.1 Å². The van der Waals surface area contributed by atoms with Gasteiger partial charge in [-0.2, -0.15) is 0 Å². The Morgan fingerprint density at radius 3 is 2.52 bits per heavy atom. The molecule has 0 atom stereocenters. The largest absolute Gasteiger partial charge is 0.235 e. The molecule has 0 radical (unpaired) electrons. The van der Waals surface area contributed by atoms with Gasteiger partial charge in [0.15, 0.2) is 0 Å². The van der Waals surface area contributed by atoms with Gasteiger partial charge in [0.2, 0.25) is 0 Å². The number of halogens is 3. The van der Waals surface area contributed by atoms with Gasteiger partial charge in [-0.15, -0.1) is 11.8 Å². The zero-order valence-corrected chi connectivity index (χ0v) is 16.7. The molecule has 1 heterocycles. The fraction of sp³-hybridized carbons (Fsp3) is 0.333. The minimum absolute atomic E-state index is 0.0827. The second-order valence-corrected chi connectivity index (χ2v) is 8.70. The third kappa shape index (κ3) is 4.68. The smallest absolute Gasteiger partial charge is 0.147 e. The number of benzene rings is 1. The molecule has 0 aliphatic carbocycles. The minimum Gasteiger partial charge on any atom is -0.235 e. The Hall–Kier alpha value is -0.100. The summed E-state index contributed by atoms with van der Waals surface area (Å²) in [5.41, 5.74) is 0.855. The van der Waals surface area contributed by atoms with E-state index in [9.17, 15) is 0 Å². The normalized spacial score (nSPS) is 11.7. The molecule has 0 aliphatic rings. The van der Waals surface area contributed by atoms with E-state index in [2.05, 4.69) is 74.7 Å². The maximum absolute atomic E-state index is 6.22. The lowest BCUT2D eigenvalue weighted by Crippen LogP contribution is -2.16. The molecule has 0 saturated heterocycles. The molecule has 21 heavy (non-hydrogen) atoms. The zero-order valence-electron chi connectivity index (χ0n) is 12.0. The van der Waals surface area contributed by atoms with Crippen molar-refractivity contribution >= 4 is 55.2 Å². The van der Waals surface area contributed by atoms with Gasteiger partial charge in [0.1, 0.15) is 11.0 Å². The molecule has 0 N–H and O–H groups in total. The third-order valence-corrected chi connectivity index (χ3v) is 5.47. The predicted molar refractivity (Wildman–Crippen MR) is 97.1 cm³/mol. The Bertz CT molecular complexity index is 657. The minimum atomic E-state index is -0.0827. The van der Waals surface area contributed by atoms with E-state index >= 15 is 0 Å². The lowest BCUT2D eigenvalue weighted by atomic mass is 9.92. The van der Waals surface area contributed by atoms with Crippen LogP contribution in [0, 0.1) is 0 Å². The topological polar surface area (TPSA) is 25.8 Å². The average Bonchev–Trinajstić information content (AvgIpc) is 2.38. The van der Waals surface area contributed by atoms with E-state index in [-0.39, 0.29) is 5.41 Å². The molecule has 2 aromatic rings. The molecule has 2 rings (SSSR count). The van der Waals surface area contributed by atoms with Crippen LogP contribution in [0.5, 0.6) is 0 Å². The summed E-state index contributed by atoms with van der Waals surface area (Å²) in [4.78, 5) is 10.2. The third-order valence-electron chi connectivity index (χ3n) is 2.73. The van der Waals surface area contributed by atoms with Crippen molar-refractivity contribution in [3.8, 4) is 0 Å². The van der Waals surface area contributed by atoms with Crippen LogP contribution < -0.4 is 0 Å². The van der Waals surface area contributed by atoms with Crippen LogP contribution in [0.1, 0.15) is 32.3 Å². The molecule has 0 amide bonds. The van der Waals surface area contributed by atoms with E-state index in [1.165, 1.54) is 4.90 Å². The quantitative estimate of drug-likeness (QED) is 0.409. The van der Waals surface area contributed by atoms with Crippen LogP contribution in [0.25, 0.3) is 0 Å². The van der Waals surface area contributed by atoms with Crippen molar-refractivity contribution in [2.45, 2.75) is 36.8 Å². The number of hydrogen-bond acceptors (Lipinski definition) is 3. The van der Waals surface area contributed by atoms with Gasteiger partial charge in [-0.25, -0.2) is 9.97 Å². The molecule has 2 nitrogen and oxygen atoms in total. The van der Waals surface area contributed by atoms with Gasteiger partial charge in [0.05, 0.1) is 15.9 Å². The molecule has 1 aromatic heterocycles. The molecule has 0 aliphatic heterocycles. The Morgan fingerprint density at radius 1 is 1.19 bits per heavy atom. The monoisotopic (exact) mass is 448 g/mol. The van der Waals surface area contributed by atoms with Gasteiger partial charge < -0.3 is 0 Å². The van der Waals surface area contributed by atoms with Crippen LogP contribution in [0.4, 0.5) is 0 Å². The average molecular weight is 451 g/mol. The van der Waals surface area contributed by atoms with Gasteiger partial charge in [-0.1, -0.05) is 54.4 Å². The fourth-order valence-corrected chi connectivity index (χ4v) is 4.05. The molecule has 0 fully saturated rings. The number of aromatic nitrogens is 2. The summed E-state index contributed by atoms with van der Waals surface area (Å²) in [7, 11) is 0. The highest BCUT2D eigenvalue weighted by atomic mass is 79.9. The van der Waals surface area contributed by atoms with Crippen LogP contribution in [-0.2, 0) is 11.2 Å². The van der Waals surface area contributed by atoms with Crippen molar-refractivity contribution in [3.63, 3.8) is 0 Å². The van der Waals surface area contributed by atoms with E-state index in [1.54, 1.807) is 11.8 Å². The van der Waals surface area contributed by atoms with Gasteiger partial charge in [0, 0.05) is 14.8 Å². The standard InChI is InChI=1S/C15H15Br2ClN2S/c1-15(2,3)13-12(17)14(18)20-11(19-13)8-21-10-6-4-5-9(16)7-10/h4-7H,8H2,1-3H3. The fourth-order valence-electron chi connectivity index (χ4n) is 1.73. The first-order chi connectivity index (χ1) is 9.77. The van der Waals surface area contributed by atoms with E-state index in [4.69, 9.17) is 11.6 Å². The summed E-state index contributed by atoms with van der Waals surface area (Å²) in [5, 5.41) is 0.472. The summed E-state index contributed by atoms with van der Waals surface area (Å²) in [6, 6.07) is 8.17. The Balaban J connectivity index is 2.23. The first kappa shape index (κ1) is 17.3. The zero-order chi connectivity index (χ0) is 15.6. The molecule has 6 heteroatoms. The summed E-state index contributed by atoms with van der Waals surface area (Å²) in [6.45, 7) is 6.34. The maximum atomic E-state index is 6.22. The van der Waals surface area contributed by atoms with E-state index < -0.39 is 0 Å². The van der Waals surface area contributed by atoms with Crippen LogP contribution in [0.15, 0.2) is 38.1 Å². The number of hydrogen-bond donors (Lipinski definition) is 0. The highest BCUT2D eigenvalue weighted by Gasteiger charge is 2.22. The van der Waals surface area contributed by atoms with Crippen LogP contribution in [-0.4, -0.2) is 9.97 Å². The number of thioether (sulfide) groups is 1. The first-order valence-electron chi connectivity index (χ1n) is 6.38. The van der Waals surface area contributed by atoms with Crippen molar-refractivity contribution in [2.24, 2.45) is 0 Å². The van der Waals surface area contributed by atoms with Crippen LogP contribution in [0.2, 0.25) is 5.15 Å². The molecular formula is C15H15Br2ClN2S. The van der Waals surface area contributed by atoms with Crippen molar-refractivity contribution in [1.82, 2.24) is 9.97 Å². The SMILES string of the molecule is CC(C)(C)c1nc(CSc2cccc(Br)c2)nc(Cl)c1Br. The molecule has 0 saturated carbocycles. The van der Waals surface area contributed by atoms with Crippen molar-refractivity contribution < 1.29 is 0 Å². The molecule has 0 spiro atoms. The lowest BCUT2D eigenvalue weighted by molar-refractivity contribution is 0.560. The van der Waals surface area contributed by atoms with Gasteiger partial charge in [-0.05, 0) is 34.1 Å². The Morgan fingerprint density at radius 2 is 1.90 bits per heavy atom. The second kappa shape index (κ2) is 6.99. The van der Waals surface area contributed by atoms with Crippen molar-refractivity contribution in [2.75, 3.05) is 0 Å². The van der Waals surface area contributed by atoms with Crippen LogP contribution in [0.3, 0.4) is 0 Å². The first-order valence-corrected chi connectivity index (χ1v) is 9.33. The van der Waals surface area contributed by atoms with E-state index in [0.29, 0.717) is 10.9 Å². The van der Waals surface area contributed by atoms with Gasteiger partial charge >= 0.3 is 0 Å². The molecule has 1 aromatic carbocycles. The maximum Gasteiger partial charge on any atom is 0.147 e. The summed E-state index contributed by atoms with van der Waals surface area (Å²) in [5.74, 6) is 1.44. The molecule has 112 valence electrons. The van der Waals surface area contributed by atoms with Crippen molar-refractivity contribution in [3.05, 3.63) is 49.9 Å². The van der Waals surface area contributed by atoms with Gasteiger partial charge in [0.25, 0.3) is 0 Å². The van der Waals surface area contributed by atoms with Crippen LogP contribution >= 0.6 is 55.2 Å². The predicted octanol–water partition coefficient (Wildman–Crippen LogP) is 6.24. The Labute approximate surface area is 151 Å². The molecule has 0 unspecified atom stereocenters. The molecular weight excluding hydrogens is 436 g/mol. The Kier molecular flexibility index (Phi) is 5.74. The number of nitrogens with zero attached hydrogens (tertiary/aromatic N) is 2. The van der Waals surface area contributed by atoms with Crippen molar-refractivity contribution in [1.29, 1.82) is 0 Å². The highest BCUT2D eigenvalue weighted by Crippen LogP contribution is 2.33. The summed E-state index contributed by atoms with van der Waals surface area (Å²) in [6.07, 6.45) is 0. The second-order valence-electron chi connectivity index (χ2n) is 5.59. The van der Waals surface area contributed by atoms with E-state index in [0.717, 1.165) is 20.5 Å². The van der Waals surface area contributed by atoms with Gasteiger partial charge in [-0.3, -0.25) is 0 Å². The number of rotatable bonds is 3. The molecule has 0 bridgehead atoms. The highest BCUT2D eigenvalue weighted by molar-refractivity contribution is 9.10. The summed E-state index contributed by atoms with van der Waals surface area (Å²) < 4.78 is 1.85. The lowest BCUT2D eigenvalue weighted by Gasteiger charge is -2.20. The summed E-state index contributed by atoms with van der Waals surface area (Å²) >= 11 is 14.9.